The number of aryl methyl sites for hydroxylation is 2. The Labute approximate surface area is 177 Å². The standard InChI is InChI=1S/C23H31N5O2/c1-14(22-15(2)26-27(4)16(22)3)25-23(29)28-10-8-17(9-11-28)20-13-24-21-7-6-18(30-5)12-19(20)21/h6-7,12-14,17,24H,8-11H2,1-5H3,(H,25,29). The van der Waals surface area contributed by atoms with E-state index in [9.17, 15) is 4.79 Å². The smallest absolute Gasteiger partial charge is 0.317 e. The van der Waals surface area contributed by atoms with Gasteiger partial charge in [0.2, 0.25) is 0 Å². The van der Waals surface area contributed by atoms with Gasteiger partial charge in [-0.25, -0.2) is 4.79 Å². The average molecular weight is 410 g/mol. The maximum Gasteiger partial charge on any atom is 0.317 e. The molecule has 1 saturated heterocycles. The first-order chi connectivity index (χ1) is 14.4. The number of piperidine rings is 1. The van der Waals surface area contributed by atoms with E-state index in [0.717, 1.165) is 54.1 Å². The number of carbonyl (C=O) groups excluding carboxylic acids is 1. The van der Waals surface area contributed by atoms with E-state index in [2.05, 4.69) is 33.7 Å². The van der Waals surface area contributed by atoms with Gasteiger partial charge in [-0.1, -0.05) is 0 Å². The zero-order valence-corrected chi connectivity index (χ0v) is 18.5. The highest BCUT2D eigenvalue weighted by Gasteiger charge is 2.27. The number of amides is 2. The first-order valence-electron chi connectivity index (χ1n) is 10.6. The molecule has 0 aliphatic carbocycles. The Morgan fingerprint density at radius 2 is 2.03 bits per heavy atom. The van der Waals surface area contributed by atoms with Crippen molar-refractivity contribution in [2.24, 2.45) is 7.05 Å². The zero-order valence-electron chi connectivity index (χ0n) is 18.5. The molecular formula is C23H31N5O2. The summed E-state index contributed by atoms with van der Waals surface area (Å²) in [5, 5.41) is 8.85. The van der Waals surface area contributed by atoms with Crippen molar-refractivity contribution in [2.75, 3.05) is 20.2 Å². The van der Waals surface area contributed by atoms with Crippen LogP contribution in [0.5, 0.6) is 5.75 Å². The van der Waals surface area contributed by atoms with Crippen LogP contribution in [-0.4, -0.2) is 45.9 Å². The molecule has 1 atom stereocenters. The number of aromatic nitrogens is 3. The molecule has 0 spiro atoms. The van der Waals surface area contributed by atoms with Crippen LogP contribution in [0.1, 0.15) is 54.2 Å². The van der Waals surface area contributed by atoms with Gasteiger partial charge in [-0.05, 0) is 63.3 Å². The predicted octanol–water partition coefficient (Wildman–Crippen LogP) is 4.18. The quantitative estimate of drug-likeness (QED) is 0.679. The summed E-state index contributed by atoms with van der Waals surface area (Å²) in [5.41, 5.74) is 5.61. The average Bonchev–Trinajstić information content (AvgIpc) is 3.27. The van der Waals surface area contributed by atoms with Crippen molar-refractivity contribution in [1.82, 2.24) is 25.0 Å². The van der Waals surface area contributed by atoms with Gasteiger partial charge in [-0.2, -0.15) is 5.10 Å². The number of nitrogens with one attached hydrogen (secondary N) is 2. The summed E-state index contributed by atoms with van der Waals surface area (Å²) in [7, 11) is 3.63. The predicted molar refractivity (Wildman–Crippen MR) is 118 cm³/mol. The number of carbonyl (C=O) groups is 1. The summed E-state index contributed by atoms with van der Waals surface area (Å²) >= 11 is 0. The second-order valence-electron chi connectivity index (χ2n) is 8.30. The molecule has 160 valence electrons. The molecule has 2 amide bonds. The topological polar surface area (TPSA) is 75.2 Å². The number of aromatic amines is 1. The molecule has 3 aromatic rings. The van der Waals surface area contributed by atoms with Gasteiger partial charge in [0.05, 0.1) is 18.8 Å². The fourth-order valence-corrected chi connectivity index (χ4v) is 4.74. The highest BCUT2D eigenvalue weighted by molar-refractivity contribution is 5.85. The van der Waals surface area contributed by atoms with Gasteiger partial charge in [0, 0.05) is 48.5 Å². The number of hydrogen-bond donors (Lipinski definition) is 2. The third-order valence-electron chi connectivity index (χ3n) is 6.48. The highest BCUT2D eigenvalue weighted by atomic mass is 16.5. The number of hydrogen-bond acceptors (Lipinski definition) is 3. The van der Waals surface area contributed by atoms with Crippen LogP contribution in [0.4, 0.5) is 4.79 Å². The fraction of sp³-hybridized carbons (Fsp3) is 0.478. The minimum atomic E-state index is -0.0648. The van der Waals surface area contributed by atoms with Crippen LogP contribution in [0.3, 0.4) is 0 Å². The number of H-pyrrole nitrogens is 1. The fourth-order valence-electron chi connectivity index (χ4n) is 4.74. The van der Waals surface area contributed by atoms with Gasteiger partial charge >= 0.3 is 6.03 Å². The third-order valence-corrected chi connectivity index (χ3v) is 6.48. The van der Waals surface area contributed by atoms with E-state index in [0.29, 0.717) is 5.92 Å². The Kier molecular flexibility index (Phi) is 5.45. The molecule has 0 saturated carbocycles. The van der Waals surface area contributed by atoms with Crippen molar-refractivity contribution < 1.29 is 9.53 Å². The van der Waals surface area contributed by atoms with Crippen molar-refractivity contribution in [1.29, 1.82) is 0 Å². The van der Waals surface area contributed by atoms with Gasteiger partial charge in [-0.15, -0.1) is 0 Å². The minimum Gasteiger partial charge on any atom is -0.497 e. The van der Waals surface area contributed by atoms with Crippen LogP contribution in [0.15, 0.2) is 24.4 Å². The summed E-state index contributed by atoms with van der Waals surface area (Å²) in [6, 6.07) is 6.07. The first kappa shape index (κ1) is 20.3. The number of likely N-dealkylation sites (tertiary alicyclic amines) is 1. The van der Waals surface area contributed by atoms with E-state index in [4.69, 9.17) is 4.74 Å². The Hall–Kier alpha value is -2.96. The van der Waals surface area contributed by atoms with E-state index in [1.165, 1.54) is 10.9 Å². The monoisotopic (exact) mass is 409 g/mol. The number of benzene rings is 1. The molecule has 1 unspecified atom stereocenters. The minimum absolute atomic E-state index is 0.00389. The number of rotatable bonds is 4. The Morgan fingerprint density at radius 3 is 2.67 bits per heavy atom. The number of urea groups is 1. The summed E-state index contributed by atoms with van der Waals surface area (Å²) in [6.07, 6.45) is 4.02. The lowest BCUT2D eigenvalue weighted by atomic mass is 9.89. The van der Waals surface area contributed by atoms with E-state index in [-0.39, 0.29) is 12.1 Å². The molecule has 2 aromatic heterocycles. The lowest BCUT2D eigenvalue weighted by molar-refractivity contribution is 0.178. The maximum atomic E-state index is 12.9. The molecule has 30 heavy (non-hydrogen) atoms. The van der Waals surface area contributed by atoms with Gasteiger partial charge in [0.1, 0.15) is 5.75 Å². The van der Waals surface area contributed by atoms with Crippen LogP contribution >= 0.6 is 0 Å². The Balaban J connectivity index is 1.40. The maximum absolute atomic E-state index is 12.9. The third kappa shape index (κ3) is 3.64. The second kappa shape index (κ2) is 8.05. The van der Waals surface area contributed by atoms with Gasteiger partial charge in [0.15, 0.2) is 0 Å². The summed E-state index contributed by atoms with van der Waals surface area (Å²) in [6.45, 7) is 7.57. The molecular weight excluding hydrogens is 378 g/mol. The first-order valence-corrected chi connectivity index (χ1v) is 10.6. The summed E-state index contributed by atoms with van der Waals surface area (Å²) in [5.74, 6) is 1.31. The van der Waals surface area contributed by atoms with Crippen molar-refractivity contribution in [3.8, 4) is 5.75 Å². The zero-order chi connectivity index (χ0) is 21.4. The second-order valence-corrected chi connectivity index (χ2v) is 8.30. The van der Waals surface area contributed by atoms with Crippen molar-refractivity contribution in [3.05, 3.63) is 46.9 Å². The van der Waals surface area contributed by atoms with Gasteiger partial charge in [-0.3, -0.25) is 4.68 Å². The molecule has 2 N–H and O–H groups in total. The largest absolute Gasteiger partial charge is 0.497 e. The van der Waals surface area contributed by atoms with Crippen LogP contribution in [0.2, 0.25) is 0 Å². The van der Waals surface area contributed by atoms with Gasteiger partial charge < -0.3 is 19.9 Å². The van der Waals surface area contributed by atoms with E-state index in [1.807, 2.05) is 43.5 Å². The van der Waals surface area contributed by atoms with Crippen molar-refractivity contribution in [3.63, 3.8) is 0 Å². The molecule has 0 bridgehead atoms. The molecule has 7 heteroatoms. The number of fused-ring (bicyclic) bond motifs is 1. The van der Waals surface area contributed by atoms with Crippen LogP contribution in [0, 0.1) is 13.8 Å². The van der Waals surface area contributed by atoms with E-state index < -0.39 is 0 Å². The molecule has 4 rings (SSSR count). The normalized spacial score (nSPS) is 16.1. The van der Waals surface area contributed by atoms with Crippen LogP contribution < -0.4 is 10.1 Å². The molecule has 0 radical (unpaired) electrons. The molecule has 7 nitrogen and oxygen atoms in total. The SMILES string of the molecule is COc1ccc2[nH]cc(C3CCN(C(=O)NC(C)c4c(C)nn(C)c4C)CC3)c2c1. The number of nitrogens with zero attached hydrogens (tertiary/aromatic N) is 3. The summed E-state index contributed by atoms with van der Waals surface area (Å²) < 4.78 is 7.26. The molecule has 1 aliphatic heterocycles. The lowest BCUT2D eigenvalue weighted by Crippen LogP contribution is -2.45. The van der Waals surface area contributed by atoms with E-state index >= 15 is 0 Å². The van der Waals surface area contributed by atoms with Crippen LogP contribution in [-0.2, 0) is 7.05 Å². The Bertz CT molecular complexity index is 1060. The molecule has 1 aliphatic rings. The van der Waals surface area contributed by atoms with Gasteiger partial charge in [0.25, 0.3) is 0 Å². The lowest BCUT2D eigenvalue weighted by Gasteiger charge is -2.33. The van der Waals surface area contributed by atoms with E-state index in [1.54, 1.807) is 7.11 Å². The van der Waals surface area contributed by atoms with Crippen molar-refractivity contribution in [2.45, 2.75) is 45.6 Å². The summed E-state index contributed by atoms with van der Waals surface area (Å²) in [4.78, 5) is 18.2. The Morgan fingerprint density at radius 1 is 1.30 bits per heavy atom. The van der Waals surface area contributed by atoms with Crippen LogP contribution in [0.25, 0.3) is 10.9 Å². The number of ether oxygens (including phenoxy) is 1. The molecule has 1 aromatic carbocycles. The van der Waals surface area contributed by atoms with Crippen molar-refractivity contribution >= 4 is 16.9 Å². The highest BCUT2D eigenvalue weighted by Crippen LogP contribution is 2.34. The number of methoxy groups -OCH3 is 1. The molecule has 1 fully saturated rings. The molecule has 3 heterocycles.